The molecule has 0 aliphatic carbocycles. The van der Waals surface area contributed by atoms with Crippen molar-refractivity contribution in [2.45, 2.75) is 6.92 Å². The zero-order chi connectivity index (χ0) is 19.9. The quantitative estimate of drug-likeness (QED) is 0.179. The standard InChI is InChI=1S/C22H19N5O/c1-15-14-18(22(23)24)10-13-20(15)25-27-26-21-5-3-2-4-17(21)9-6-16-7-11-19(28)12-8-16/h2-5,7-8,10-14,28H,1H3,(H3,23,24)(H,25,26). The number of phenols is 1. The number of phenolic OH excluding ortho intramolecular Hbond substituents is 1. The number of para-hydroxylation sites is 1. The monoisotopic (exact) mass is 369 g/mol. The van der Waals surface area contributed by atoms with E-state index >= 15 is 0 Å². The van der Waals surface area contributed by atoms with Crippen LogP contribution in [0.2, 0.25) is 0 Å². The largest absolute Gasteiger partial charge is 0.508 e. The molecule has 5 N–H and O–H groups in total. The first-order valence-corrected chi connectivity index (χ1v) is 8.55. The van der Waals surface area contributed by atoms with Crippen LogP contribution in [0.5, 0.6) is 5.75 Å². The molecule has 0 unspecified atom stereocenters. The van der Waals surface area contributed by atoms with Gasteiger partial charge in [0.05, 0.1) is 11.4 Å². The lowest BCUT2D eigenvalue weighted by molar-refractivity contribution is 0.475. The van der Waals surface area contributed by atoms with Crippen LogP contribution < -0.4 is 11.2 Å². The first kappa shape index (κ1) is 18.7. The predicted molar refractivity (Wildman–Crippen MR) is 111 cm³/mol. The fourth-order valence-electron chi connectivity index (χ4n) is 2.44. The molecule has 0 bridgehead atoms. The summed E-state index contributed by atoms with van der Waals surface area (Å²) in [7, 11) is 0. The van der Waals surface area contributed by atoms with Crippen LogP contribution in [0.1, 0.15) is 22.3 Å². The van der Waals surface area contributed by atoms with E-state index in [1.807, 2.05) is 31.2 Å². The van der Waals surface area contributed by atoms with Gasteiger partial charge in [-0.2, -0.15) is 0 Å². The Morgan fingerprint density at radius 2 is 1.79 bits per heavy atom. The van der Waals surface area contributed by atoms with Crippen molar-refractivity contribution in [1.82, 2.24) is 0 Å². The Kier molecular flexibility index (Phi) is 5.68. The van der Waals surface area contributed by atoms with Crippen LogP contribution in [0.3, 0.4) is 0 Å². The van der Waals surface area contributed by atoms with Crippen molar-refractivity contribution in [3.63, 3.8) is 0 Å². The van der Waals surface area contributed by atoms with Crippen LogP contribution in [0.4, 0.5) is 11.4 Å². The highest BCUT2D eigenvalue weighted by molar-refractivity contribution is 5.95. The van der Waals surface area contributed by atoms with Crippen molar-refractivity contribution in [2.24, 2.45) is 16.1 Å². The summed E-state index contributed by atoms with van der Waals surface area (Å²) in [6, 6.07) is 19.6. The van der Waals surface area contributed by atoms with Crippen LogP contribution in [0.15, 0.2) is 77.1 Å². The number of nitrogens with zero attached hydrogens (tertiary/aromatic N) is 2. The Balaban J connectivity index is 1.76. The number of aromatic hydroxyl groups is 1. The number of aryl methyl sites for hydroxylation is 1. The van der Waals surface area contributed by atoms with Crippen molar-refractivity contribution in [1.29, 1.82) is 5.41 Å². The Hall–Kier alpha value is -4.11. The molecule has 28 heavy (non-hydrogen) atoms. The molecule has 0 aliphatic heterocycles. The van der Waals surface area contributed by atoms with Gasteiger partial charge in [-0.1, -0.05) is 29.2 Å². The summed E-state index contributed by atoms with van der Waals surface area (Å²) in [5, 5.41) is 25.1. The van der Waals surface area contributed by atoms with Crippen LogP contribution in [-0.2, 0) is 0 Å². The van der Waals surface area contributed by atoms with E-state index in [2.05, 4.69) is 27.6 Å². The maximum Gasteiger partial charge on any atom is 0.122 e. The second-order valence-corrected chi connectivity index (χ2v) is 6.07. The van der Waals surface area contributed by atoms with E-state index in [0.717, 1.165) is 22.4 Å². The zero-order valence-electron chi connectivity index (χ0n) is 15.3. The fraction of sp³-hybridized carbons (Fsp3) is 0.0455. The predicted octanol–water partition coefficient (Wildman–Crippen LogP) is 4.50. The maximum atomic E-state index is 9.34. The molecule has 0 heterocycles. The number of nitrogens with two attached hydrogens (primary N) is 1. The third kappa shape index (κ3) is 4.74. The summed E-state index contributed by atoms with van der Waals surface area (Å²) in [5.74, 6) is 6.38. The number of amidine groups is 1. The molecule has 0 atom stereocenters. The Labute approximate surface area is 163 Å². The molecule has 6 heteroatoms. The first-order chi connectivity index (χ1) is 13.5. The highest BCUT2D eigenvalue weighted by atomic mass is 16.3. The first-order valence-electron chi connectivity index (χ1n) is 8.55. The Morgan fingerprint density at radius 1 is 1.04 bits per heavy atom. The molecule has 0 aromatic heterocycles. The second kappa shape index (κ2) is 8.52. The lowest BCUT2D eigenvalue weighted by Crippen LogP contribution is -2.10. The number of hydrogen-bond donors (Lipinski definition) is 4. The van der Waals surface area contributed by atoms with Gasteiger partial charge < -0.3 is 10.8 Å². The number of hydrogen-bond acceptors (Lipinski definition) is 4. The minimum atomic E-state index is 0.0193. The molecule has 0 saturated heterocycles. The average molecular weight is 369 g/mol. The molecular formula is C22H19N5O. The minimum Gasteiger partial charge on any atom is -0.508 e. The second-order valence-electron chi connectivity index (χ2n) is 6.07. The van der Waals surface area contributed by atoms with Gasteiger partial charge in [0, 0.05) is 16.7 Å². The topological polar surface area (TPSA) is 107 Å². The average Bonchev–Trinajstić information content (AvgIpc) is 2.69. The van der Waals surface area contributed by atoms with E-state index in [9.17, 15) is 5.11 Å². The Bertz CT molecular complexity index is 1090. The van der Waals surface area contributed by atoms with Crippen molar-refractivity contribution >= 4 is 17.2 Å². The number of nitrogens with one attached hydrogen (secondary N) is 2. The zero-order valence-corrected chi connectivity index (χ0v) is 15.3. The molecule has 0 radical (unpaired) electrons. The molecule has 0 fully saturated rings. The van der Waals surface area contributed by atoms with Gasteiger partial charge in [-0.05, 0) is 67.1 Å². The maximum absolute atomic E-state index is 9.34. The lowest BCUT2D eigenvalue weighted by Gasteiger charge is -2.04. The molecule has 138 valence electrons. The summed E-state index contributed by atoms with van der Waals surface area (Å²) in [4.78, 5) is 0. The van der Waals surface area contributed by atoms with Crippen LogP contribution >= 0.6 is 0 Å². The third-order valence-electron chi connectivity index (χ3n) is 3.97. The van der Waals surface area contributed by atoms with Crippen LogP contribution in [0.25, 0.3) is 0 Å². The molecule has 3 rings (SSSR count). The van der Waals surface area contributed by atoms with Crippen LogP contribution in [-0.4, -0.2) is 10.9 Å². The van der Waals surface area contributed by atoms with Gasteiger partial charge in [0.2, 0.25) is 0 Å². The summed E-state index contributed by atoms with van der Waals surface area (Å²) in [5.41, 5.74) is 12.9. The van der Waals surface area contributed by atoms with E-state index in [4.69, 9.17) is 11.1 Å². The van der Waals surface area contributed by atoms with Gasteiger partial charge in [0.25, 0.3) is 0 Å². The number of anilines is 1. The molecule has 0 amide bonds. The number of benzene rings is 3. The highest BCUT2D eigenvalue weighted by Gasteiger charge is 2.02. The summed E-state index contributed by atoms with van der Waals surface area (Å²) in [6.45, 7) is 1.89. The van der Waals surface area contributed by atoms with Gasteiger partial charge in [-0.15, -0.1) is 5.11 Å². The molecule has 0 aliphatic rings. The number of nitrogen functional groups attached to an aromatic ring is 1. The molecule has 0 saturated carbocycles. The van der Waals surface area contributed by atoms with E-state index < -0.39 is 0 Å². The number of rotatable bonds is 4. The van der Waals surface area contributed by atoms with Crippen molar-refractivity contribution in [3.8, 4) is 17.6 Å². The molecule has 6 nitrogen and oxygen atoms in total. The van der Waals surface area contributed by atoms with Gasteiger partial charge >= 0.3 is 0 Å². The fourth-order valence-corrected chi connectivity index (χ4v) is 2.44. The SMILES string of the molecule is Cc1cc(C(=N)N)ccc1N=NNc1ccccc1C#Cc1ccc(O)cc1. The molecule has 3 aromatic rings. The normalized spacial score (nSPS) is 10.3. The van der Waals surface area contributed by atoms with Gasteiger partial charge in [0.1, 0.15) is 11.6 Å². The lowest BCUT2D eigenvalue weighted by atomic mass is 10.1. The summed E-state index contributed by atoms with van der Waals surface area (Å²) < 4.78 is 0. The van der Waals surface area contributed by atoms with Crippen molar-refractivity contribution < 1.29 is 5.11 Å². The van der Waals surface area contributed by atoms with Crippen molar-refractivity contribution in [2.75, 3.05) is 5.43 Å². The van der Waals surface area contributed by atoms with Crippen LogP contribution in [0, 0.1) is 24.2 Å². The molecular weight excluding hydrogens is 350 g/mol. The van der Waals surface area contributed by atoms with E-state index in [1.54, 1.807) is 42.5 Å². The summed E-state index contributed by atoms with van der Waals surface area (Å²) in [6.07, 6.45) is 0. The summed E-state index contributed by atoms with van der Waals surface area (Å²) >= 11 is 0. The highest BCUT2D eigenvalue weighted by Crippen LogP contribution is 2.21. The van der Waals surface area contributed by atoms with Crippen molar-refractivity contribution in [3.05, 3.63) is 89.0 Å². The third-order valence-corrected chi connectivity index (χ3v) is 3.97. The molecule has 3 aromatic carbocycles. The van der Waals surface area contributed by atoms with Gasteiger partial charge in [0.15, 0.2) is 0 Å². The Morgan fingerprint density at radius 3 is 2.50 bits per heavy atom. The van der Waals surface area contributed by atoms with Gasteiger partial charge in [-0.3, -0.25) is 10.8 Å². The van der Waals surface area contributed by atoms with E-state index in [-0.39, 0.29) is 11.6 Å². The van der Waals surface area contributed by atoms with E-state index in [1.165, 1.54) is 0 Å². The smallest absolute Gasteiger partial charge is 0.122 e. The molecule has 0 spiro atoms. The van der Waals surface area contributed by atoms with E-state index in [0.29, 0.717) is 11.3 Å². The minimum absolute atomic E-state index is 0.0193. The van der Waals surface area contributed by atoms with Gasteiger partial charge in [-0.25, -0.2) is 0 Å².